The first-order valence-corrected chi connectivity index (χ1v) is 3.25. The van der Waals surface area contributed by atoms with Crippen LogP contribution in [0.2, 0.25) is 5.02 Å². The van der Waals surface area contributed by atoms with Crippen molar-refractivity contribution in [3.63, 3.8) is 0 Å². The van der Waals surface area contributed by atoms with Gasteiger partial charge in [0, 0.05) is 0 Å². The maximum absolute atomic E-state index is 9.85. The number of isocyanates is 1. The van der Waals surface area contributed by atoms with Gasteiger partial charge in [0.25, 0.3) is 0 Å². The second-order valence-corrected chi connectivity index (χ2v) is 2.26. The maximum atomic E-state index is 9.85. The first kappa shape index (κ1) is 7.79. The van der Waals surface area contributed by atoms with Crippen molar-refractivity contribution in [2.24, 2.45) is 4.99 Å². The van der Waals surface area contributed by atoms with E-state index in [0.717, 1.165) is 0 Å². The van der Waals surface area contributed by atoms with Gasteiger partial charge in [0.2, 0.25) is 6.08 Å². The zero-order valence-corrected chi connectivity index (χ0v) is 6.30. The lowest BCUT2D eigenvalue weighted by molar-refractivity contribution is 0.565. The quantitative estimate of drug-likeness (QED) is 0.396. The monoisotopic (exact) mass is 168 g/mol. The zero-order valence-electron chi connectivity index (χ0n) is 5.54. The third kappa shape index (κ3) is 1.58. The van der Waals surface area contributed by atoms with E-state index >= 15 is 0 Å². The first-order valence-electron chi connectivity index (χ1n) is 2.87. The number of nitrogens with two attached hydrogens (primary N) is 1. The molecule has 0 amide bonds. The number of halogens is 1. The molecule has 0 radical (unpaired) electrons. The third-order valence-electron chi connectivity index (χ3n) is 1.17. The van der Waals surface area contributed by atoms with Gasteiger partial charge in [-0.15, -0.1) is 0 Å². The highest BCUT2D eigenvalue weighted by atomic mass is 35.5. The van der Waals surface area contributed by atoms with Gasteiger partial charge in [-0.3, -0.25) is 0 Å². The summed E-state index contributed by atoms with van der Waals surface area (Å²) in [5.74, 6) is 0. The maximum Gasteiger partial charge on any atom is 0.240 e. The summed E-state index contributed by atoms with van der Waals surface area (Å²) in [5, 5.41) is 0.288. The lowest BCUT2D eigenvalue weighted by Gasteiger charge is -1.97. The minimum absolute atomic E-state index is 0.288. The van der Waals surface area contributed by atoms with Crippen LogP contribution >= 0.6 is 11.6 Å². The van der Waals surface area contributed by atoms with E-state index in [9.17, 15) is 4.79 Å². The second-order valence-electron chi connectivity index (χ2n) is 1.88. The van der Waals surface area contributed by atoms with Crippen LogP contribution in [0.3, 0.4) is 0 Å². The summed E-state index contributed by atoms with van der Waals surface area (Å²) in [6.07, 6.45) is 1.39. The van der Waals surface area contributed by atoms with E-state index in [0.29, 0.717) is 11.4 Å². The number of anilines is 1. The summed E-state index contributed by atoms with van der Waals surface area (Å²) in [6.45, 7) is 0. The molecule has 0 aliphatic carbocycles. The van der Waals surface area contributed by atoms with Gasteiger partial charge >= 0.3 is 0 Å². The lowest BCUT2D eigenvalue weighted by Crippen LogP contribution is -1.84. The number of nitrogen functional groups attached to an aromatic ring is 1. The van der Waals surface area contributed by atoms with Gasteiger partial charge < -0.3 is 5.73 Å². The van der Waals surface area contributed by atoms with Crippen LogP contribution in [0.1, 0.15) is 0 Å². The van der Waals surface area contributed by atoms with Crippen molar-refractivity contribution in [1.82, 2.24) is 0 Å². The van der Waals surface area contributed by atoms with Crippen molar-refractivity contribution >= 4 is 29.1 Å². The van der Waals surface area contributed by atoms with Crippen LogP contribution in [-0.4, -0.2) is 6.08 Å². The molecule has 0 saturated carbocycles. The number of benzene rings is 1. The van der Waals surface area contributed by atoms with Crippen LogP contribution in [-0.2, 0) is 4.79 Å². The Labute approximate surface area is 68.5 Å². The van der Waals surface area contributed by atoms with Gasteiger partial charge in [0.1, 0.15) is 0 Å². The number of hydrogen-bond acceptors (Lipinski definition) is 3. The lowest BCUT2D eigenvalue weighted by atomic mass is 10.3. The largest absolute Gasteiger partial charge is 0.397 e. The number of rotatable bonds is 1. The van der Waals surface area contributed by atoms with Gasteiger partial charge in [0.15, 0.2) is 0 Å². The Bertz CT molecular complexity index is 318. The Balaban J connectivity index is 3.26. The van der Waals surface area contributed by atoms with E-state index in [1.165, 1.54) is 6.08 Å². The summed E-state index contributed by atoms with van der Waals surface area (Å²) < 4.78 is 0. The molecule has 56 valence electrons. The molecule has 0 saturated heterocycles. The molecule has 1 rings (SSSR count). The molecule has 0 unspecified atom stereocenters. The van der Waals surface area contributed by atoms with Crippen LogP contribution in [0.5, 0.6) is 0 Å². The highest BCUT2D eigenvalue weighted by Crippen LogP contribution is 2.29. The number of hydrogen-bond donors (Lipinski definition) is 1. The molecule has 0 bridgehead atoms. The molecule has 0 fully saturated rings. The van der Waals surface area contributed by atoms with Gasteiger partial charge in [-0.2, -0.15) is 4.99 Å². The van der Waals surface area contributed by atoms with Gasteiger partial charge in [0.05, 0.1) is 16.4 Å². The van der Waals surface area contributed by atoms with Crippen LogP contribution in [0, 0.1) is 0 Å². The van der Waals surface area contributed by atoms with Crippen molar-refractivity contribution in [2.75, 3.05) is 5.73 Å². The molecule has 1 aromatic carbocycles. The topological polar surface area (TPSA) is 55.4 Å². The number of aliphatic imine (C=N–C) groups is 1. The molecule has 3 nitrogen and oxygen atoms in total. The molecule has 4 heteroatoms. The fraction of sp³-hybridized carbons (Fsp3) is 0. The zero-order chi connectivity index (χ0) is 8.27. The van der Waals surface area contributed by atoms with E-state index in [1.54, 1.807) is 18.2 Å². The molecule has 0 atom stereocenters. The Hall–Kier alpha value is -1.31. The molecular weight excluding hydrogens is 164 g/mol. The summed E-state index contributed by atoms with van der Waals surface area (Å²) in [5.41, 5.74) is 6.18. The van der Waals surface area contributed by atoms with Crippen molar-refractivity contribution in [1.29, 1.82) is 0 Å². The van der Waals surface area contributed by atoms with E-state index in [1.807, 2.05) is 0 Å². The molecule has 1 aromatic rings. The predicted octanol–water partition coefficient (Wildman–Crippen LogP) is 1.89. The average molecular weight is 169 g/mol. The molecule has 0 spiro atoms. The Morgan fingerprint density at radius 1 is 1.55 bits per heavy atom. The summed E-state index contributed by atoms with van der Waals surface area (Å²) >= 11 is 5.67. The minimum Gasteiger partial charge on any atom is -0.397 e. The Morgan fingerprint density at radius 2 is 2.27 bits per heavy atom. The number of carbonyl (C=O) groups excluding carboxylic acids is 1. The van der Waals surface area contributed by atoms with Gasteiger partial charge in [-0.1, -0.05) is 17.7 Å². The standard InChI is InChI=1S/C7H5ClN2O/c8-7-5(9)2-1-3-6(7)10-4-11/h1-3H,9H2. The third-order valence-corrected chi connectivity index (χ3v) is 1.59. The highest BCUT2D eigenvalue weighted by Gasteiger charge is 2.00. The average Bonchev–Trinajstić information content (AvgIpc) is 1.99. The molecule has 0 aliphatic rings. The van der Waals surface area contributed by atoms with E-state index in [-0.39, 0.29) is 5.02 Å². The smallest absolute Gasteiger partial charge is 0.240 e. The van der Waals surface area contributed by atoms with Gasteiger partial charge in [-0.25, -0.2) is 4.79 Å². The minimum atomic E-state index is 0.288. The molecule has 0 heterocycles. The van der Waals surface area contributed by atoms with Crippen LogP contribution < -0.4 is 5.73 Å². The molecular formula is C7H5ClN2O. The fourth-order valence-electron chi connectivity index (χ4n) is 0.673. The first-order chi connectivity index (χ1) is 5.25. The Morgan fingerprint density at radius 3 is 2.91 bits per heavy atom. The van der Waals surface area contributed by atoms with Crippen molar-refractivity contribution < 1.29 is 4.79 Å². The molecule has 2 N–H and O–H groups in total. The Kier molecular flexibility index (Phi) is 2.26. The normalized spacial score (nSPS) is 8.82. The SMILES string of the molecule is Nc1cccc(N=C=O)c1Cl. The van der Waals surface area contributed by atoms with Crippen LogP contribution in [0.15, 0.2) is 23.2 Å². The summed E-state index contributed by atoms with van der Waals surface area (Å²) in [4.78, 5) is 13.2. The second kappa shape index (κ2) is 3.19. The van der Waals surface area contributed by atoms with E-state index < -0.39 is 0 Å². The summed E-state index contributed by atoms with van der Waals surface area (Å²) in [7, 11) is 0. The molecule has 0 aromatic heterocycles. The fourth-order valence-corrected chi connectivity index (χ4v) is 0.841. The van der Waals surface area contributed by atoms with Gasteiger partial charge in [-0.05, 0) is 12.1 Å². The molecule has 0 aliphatic heterocycles. The van der Waals surface area contributed by atoms with Crippen molar-refractivity contribution in [3.05, 3.63) is 23.2 Å². The van der Waals surface area contributed by atoms with Crippen molar-refractivity contribution in [2.45, 2.75) is 0 Å². The van der Waals surface area contributed by atoms with Crippen LogP contribution in [0.4, 0.5) is 11.4 Å². The van der Waals surface area contributed by atoms with E-state index in [4.69, 9.17) is 17.3 Å². The molecule has 11 heavy (non-hydrogen) atoms. The number of nitrogens with zero attached hydrogens (tertiary/aromatic N) is 1. The summed E-state index contributed by atoms with van der Waals surface area (Å²) in [6, 6.07) is 4.88. The van der Waals surface area contributed by atoms with Crippen molar-refractivity contribution in [3.8, 4) is 0 Å². The van der Waals surface area contributed by atoms with E-state index in [2.05, 4.69) is 4.99 Å². The highest BCUT2D eigenvalue weighted by molar-refractivity contribution is 6.35. The van der Waals surface area contributed by atoms with Crippen LogP contribution in [0.25, 0.3) is 0 Å². The predicted molar refractivity (Wildman–Crippen MR) is 43.6 cm³/mol.